The summed E-state index contributed by atoms with van der Waals surface area (Å²) >= 11 is 2.41. The van der Waals surface area contributed by atoms with Crippen LogP contribution in [0.3, 0.4) is 0 Å². The van der Waals surface area contributed by atoms with Gasteiger partial charge in [0.25, 0.3) is 0 Å². The highest BCUT2D eigenvalue weighted by atomic mass is 125. The molecule has 1 aromatic carbocycles. The van der Waals surface area contributed by atoms with Gasteiger partial charge >= 0.3 is 5.97 Å². The molecule has 1 aromatic rings. The van der Waals surface area contributed by atoms with Gasteiger partial charge in [0.05, 0.1) is 13.0 Å². The number of esters is 1. The second-order valence-electron chi connectivity index (χ2n) is 6.14. The van der Waals surface area contributed by atoms with Crippen molar-refractivity contribution in [3.05, 3.63) is 32.9 Å². The fourth-order valence-electron chi connectivity index (χ4n) is 3.94. The highest BCUT2D eigenvalue weighted by Gasteiger charge is 2.46. The molecule has 2 aliphatic heterocycles. The van der Waals surface area contributed by atoms with Gasteiger partial charge in [-0.25, -0.2) is 0 Å². The fourth-order valence-corrected chi connectivity index (χ4v) is 4.86. The van der Waals surface area contributed by atoms with E-state index in [1.54, 1.807) is 0 Å². The number of carbonyl (C=O) groups excluding carboxylic acids is 1. The maximum atomic E-state index is 12.3. The Balaban J connectivity index is 1.94. The van der Waals surface area contributed by atoms with Gasteiger partial charge in [-0.3, -0.25) is 4.79 Å². The van der Waals surface area contributed by atoms with Crippen LogP contribution < -0.4 is 5.32 Å². The average molecular weight is 397 g/mol. The third-order valence-corrected chi connectivity index (χ3v) is 6.05. The van der Waals surface area contributed by atoms with Crippen molar-refractivity contribution in [2.45, 2.75) is 50.6 Å². The fraction of sp³-hybridized carbons (Fsp3) is 0.588. The number of hydrogen-bond acceptors (Lipinski definition) is 3. The summed E-state index contributed by atoms with van der Waals surface area (Å²) in [5, 5.41) is 3.59. The third-order valence-electron chi connectivity index (χ3n) is 5.04. The molecule has 2 heterocycles. The Labute approximate surface area is 140 Å². The summed E-state index contributed by atoms with van der Waals surface area (Å²) in [7, 11) is 1.50. The minimum atomic E-state index is -0.0626. The predicted molar refractivity (Wildman–Crippen MR) is 91.3 cm³/mol. The van der Waals surface area contributed by atoms with Crippen LogP contribution in [0.4, 0.5) is 0 Å². The first-order valence-corrected chi connectivity index (χ1v) is 8.84. The van der Waals surface area contributed by atoms with Crippen molar-refractivity contribution in [2.24, 2.45) is 5.92 Å². The molecule has 0 unspecified atom stereocenters. The Kier molecular flexibility index (Phi) is 4.54. The highest BCUT2D eigenvalue weighted by molar-refractivity contribution is 14.1. The summed E-state index contributed by atoms with van der Waals surface area (Å²) in [6.45, 7) is 2.18. The van der Waals surface area contributed by atoms with Crippen LogP contribution in [0.25, 0.3) is 0 Å². The second kappa shape index (κ2) is 6.24. The van der Waals surface area contributed by atoms with E-state index >= 15 is 0 Å². The van der Waals surface area contributed by atoms with Crippen LogP contribution in [-0.4, -0.2) is 25.2 Å². The average Bonchev–Trinajstić information content (AvgIpc) is 2.87. The Morgan fingerprint density at radius 2 is 2.24 bits per heavy atom. The molecule has 0 saturated carbocycles. The van der Waals surface area contributed by atoms with Gasteiger partial charge in [-0.15, -0.1) is 0 Å². The third kappa shape index (κ3) is 2.84. The van der Waals surface area contributed by atoms with Crippen molar-refractivity contribution in [3.8, 4) is 0 Å². The van der Waals surface area contributed by atoms with Crippen LogP contribution in [0.2, 0.25) is 0 Å². The van der Waals surface area contributed by atoms with E-state index in [9.17, 15) is 4.79 Å². The molecule has 0 spiro atoms. The molecule has 0 aliphatic carbocycles. The molecular formula is C17H22INO2. The minimum absolute atomic E-state index is 0.0444. The SMILES string of the molecule is CCc1ccc([C@H]2C[C@@H]3CC[C@@H](N3)[C@H]2C(=O)OC)cc1[125I]. The lowest BCUT2D eigenvalue weighted by Gasteiger charge is -2.36. The number of methoxy groups -OCH3 is 1. The summed E-state index contributed by atoms with van der Waals surface area (Å²) < 4.78 is 6.39. The van der Waals surface area contributed by atoms with E-state index in [0.29, 0.717) is 6.04 Å². The molecule has 2 bridgehead atoms. The van der Waals surface area contributed by atoms with Crippen molar-refractivity contribution in [1.29, 1.82) is 0 Å². The number of ether oxygens (including phenoxy) is 1. The largest absolute Gasteiger partial charge is 0.469 e. The van der Waals surface area contributed by atoms with E-state index < -0.39 is 0 Å². The lowest BCUT2D eigenvalue weighted by Crippen LogP contribution is -2.48. The van der Waals surface area contributed by atoms with E-state index in [0.717, 1.165) is 19.3 Å². The number of piperidine rings is 1. The van der Waals surface area contributed by atoms with Gasteiger partial charge in [0.15, 0.2) is 0 Å². The number of rotatable bonds is 3. The molecule has 3 rings (SSSR count). The van der Waals surface area contributed by atoms with Gasteiger partial charge in [0, 0.05) is 21.6 Å². The maximum absolute atomic E-state index is 12.3. The predicted octanol–water partition coefficient (Wildman–Crippen LogP) is 3.25. The van der Waals surface area contributed by atoms with Crippen LogP contribution in [0.15, 0.2) is 18.2 Å². The maximum Gasteiger partial charge on any atom is 0.310 e. The van der Waals surface area contributed by atoms with Crippen molar-refractivity contribution in [2.75, 3.05) is 7.11 Å². The summed E-state index contributed by atoms with van der Waals surface area (Å²) in [6, 6.07) is 7.54. The van der Waals surface area contributed by atoms with Gasteiger partial charge in [0.2, 0.25) is 0 Å². The molecule has 21 heavy (non-hydrogen) atoms. The molecule has 2 aliphatic rings. The number of nitrogens with one attached hydrogen (secondary N) is 1. The molecule has 0 radical (unpaired) electrons. The summed E-state index contributed by atoms with van der Waals surface area (Å²) in [4.78, 5) is 12.3. The number of halogens is 1. The lowest BCUT2D eigenvalue weighted by molar-refractivity contribution is -0.148. The molecule has 0 amide bonds. The lowest BCUT2D eigenvalue weighted by atomic mass is 9.77. The van der Waals surface area contributed by atoms with Crippen LogP contribution in [-0.2, 0) is 16.0 Å². The van der Waals surface area contributed by atoms with Gasteiger partial charge in [-0.1, -0.05) is 19.1 Å². The molecular weight excluding hydrogens is 375 g/mol. The Morgan fingerprint density at radius 3 is 2.90 bits per heavy atom. The van der Waals surface area contributed by atoms with Crippen molar-refractivity contribution >= 4 is 28.6 Å². The first-order chi connectivity index (χ1) is 10.1. The number of carbonyl (C=O) groups is 1. The molecule has 4 atom stereocenters. The van der Waals surface area contributed by atoms with Gasteiger partial charge in [0.1, 0.15) is 0 Å². The molecule has 114 valence electrons. The smallest absolute Gasteiger partial charge is 0.310 e. The summed E-state index contributed by atoms with van der Waals surface area (Å²) in [5.41, 5.74) is 2.68. The number of hydrogen-bond donors (Lipinski definition) is 1. The zero-order valence-electron chi connectivity index (χ0n) is 12.6. The van der Waals surface area contributed by atoms with E-state index in [2.05, 4.69) is 53.0 Å². The van der Waals surface area contributed by atoms with Crippen molar-refractivity contribution in [3.63, 3.8) is 0 Å². The highest BCUT2D eigenvalue weighted by Crippen LogP contribution is 2.42. The number of benzene rings is 1. The standard InChI is InChI=1S/C17H22INO2/c1-3-10-4-5-11(8-14(10)18)13-9-12-6-7-15(19-12)16(13)17(20)21-2/h4-5,8,12-13,15-16,19H,3,6-7,9H2,1-2H3/t12-,13+,15+,16-/m0/s1/i18-2. The second-order valence-corrected chi connectivity index (χ2v) is 7.31. The van der Waals surface area contributed by atoms with Gasteiger partial charge in [-0.05, 0) is 65.5 Å². The van der Waals surface area contributed by atoms with Crippen molar-refractivity contribution < 1.29 is 9.53 Å². The van der Waals surface area contributed by atoms with Gasteiger partial charge in [-0.2, -0.15) is 0 Å². The molecule has 3 nitrogen and oxygen atoms in total. The Hall–Kier alpha value is -0.620. The number of fused-ring (bicyclic) bond motifs is 2. The Bertz CT molecular complexity index is 546. The van der Waals surface area contributed by atoms with Crippen LogP contribution in [0, 0.1) is 9.49 Å². The quantitative estimate of drug-likeness (QED) is 0.629. The summed E-state index contributed by atoms with van der Waals surface area (Å²) in [5.74, 6) is 0.181. The van der Waals surface area contributed by atoms with Crippen molar-refractivity contribution in [1.82, 2.24) is 5.32 Å². The molecule has 4 heteroatoms. The molecule has 1 N–H and O–H groups in total. The molecule has 0 aromatic heterocycles. The Morgan fingerprint density at radius 1 is 1.43 bits per heavy atom. The summed E-state index contributed by atoms with van der Waals surface area (Å²) in [6.07, 6.45) is 4.36. The normalized spacial score (nSPS) is 31.2. The topological polar surface area (TPSA) is 38.3 Å². The first-order valence-electron chi connectivity index (χ1n) is 7.76. The van der Waals surface area contributed by atoms with E-state index in [1.165, 1.54) is 28.2 Å². The zero-order chi connectivity index (χ0) is 15.0. The van der Waals surface area contributed by atoms with Gasteiger partial charge < -0.3 is 10.1 Å². The number of aryl methyl sites for hydroxylation is 1. The van der Waals surface area contributed by atoms with E-state index in [4.69, 9.17) is 4.74 Å². The zero-order valence-corrected chi connectivity index (χ0v) is 14.7. The van der Waals surface area contributed by atoms with Crippen LogP contribution >= 0.6 is 22.6 Å². The monoisotopic (exact) mass is 397 g/mol. The van der Waals surface area contributed by atoms with E-state index in [1.807, 2.05) is 0 Å². The first kappa shape index (κ1) is 15.3. The minimum Gasteiger partial charge on any atom is -0.469 e. The van der Waals surface area contributed by atoms with Crippen LogP contribution in [0.1, 0.15) is 43.2 Å². The molecule has 2 saturated heterocycles. The molecule has 2 fully saturated rings. The van der Waals surface area contributed by atoms with E-state index in [-0.39, 0.29) is 23.8 Å². The van der Waals surface area contributed by atoms with Crippen LogP contribution in [0.5, 0.6) is 0 Å².